The molecule has 0 aliphatic carbocycles. The summed E-state index contributed by atoms with van der Waals surface area (Å²) < 4.78 is 1.98. The Labute approximate surface area is 131 Å². The van der Waals surface area contributed by atoms with E-state index in [9.17, 15) is 9.59 Å². The van der Waals surface area contributed by atoms with Crippen molar-refractivity contribution in [1.29, 1.82) is 0 Å². The van der Waals surface area contributed by atoms with Crippen molar-refractivity contribution in [1.82, 2.24) is 5.32 Å². The van der Waals surface area contributed by atoms with Gasteiger partial charge in [0.2, 0.25) is 5.91 Å². The normalized spacial score (nSPS) is 12.0. The summed E-state index contributed by atoms with van der Waals surface area (Å²) in [6.45, 7) is 2.60. The van der Waals surface area contributed by atoms with Crippen molar-refractivity contribution < 1.29 is 19.3 Å². The lowest BCUT2D eigenvalue weighted by Gasteiger charge is -2.08. The highest BCUT2D eigenvalue weighted by Crippen LogP contribution is 2.07. The monoisotopic (exact) mass is 308 g/mol. The first-order valence-corrected chi connectivity index (χ1v) is 7.60. The van der Waals surface area contributed by atoms with Crippen molar-refractivity contribution in [2.24, 2.45) is 12.8 Å². The maximum absolute atomic E-state index is 11.8. The third-order valence-electron chi connectivity index (χ3n) is 3.63. The molecule has 22 heavy (non-hydrogen) atoms. The van der Waals surface area contributed by atoms with Crippen molar-refractivity contribution in [2.45, 2.75) is 45.1 Å². The Morgan fingerprint density at radius 1 is 1.41 bits per heavy atom. The van der Waals surface area contributed by atoms with E-state index < -0.39 is 12.0 Å². The molecule has 1 aromatic heterocycles. The van der Waals surface area contributed by atoms with Crippen LogP contribution in [-0.4, -0.2) is 29.6 Å². The van der Waals surface area contributed by atoms with Gasteiger partial charge in [-0.05, 0) is 38.2 Å². The average Bonchev–Trinajstić information content (AvgIpc) is 2.47. The minimum absolute atomic E-state index is 0.0217. The molecule has 1 rings (SSSR count). The lowest BCUT2D eigenvalue weighted by molar-refractivity contribution is -0.672. The van der Waals surface area contributed by atoms with Crippen LogP contribution >= 0.6 is 0 Å². The standard InChI is InChI=1S/C16H25N3O3/c1-12-8-10-19(2)11-13(12)6-7-15(20)18-9-4-3-5-14(17)16(21)22/h8,10-11,14H,3-7,9,17H2,1-2H3,(H-,18,20,21,22)/p+1/t14-/m0/s1. The molecule has 0 radical (unpaired) electrons. The molecule has 0 bridgehead atoms. The average molecular weight is 308 g/mol. The van der Waals surface area contributed by atoms with E-state index in [2.05, 4.69) is 5.32 Å². The number of unbranched alkanes of at least 4 members (excludes halogenated alkanes) is 1. The number of aryl methyl sites for hydroxylation is 3. The fraction of sp³-hybridized carbons (Fsp3) is 0.562. The van der Waals surface area contributed by atoms with E-state index in [4.69, 9.17) is 10.8 Å². The first-order valence-electron chi connectivity index (χ1n) is 7.60. The van der Waals surface area contributed by atoms with E-state index in [0.717, 1.165) is 12.8 Å². The highest BCUT2D eigenvalue weighted by atomic mass is 16.4. The van der Waals surface area contributed by atoms with Crippen molar-refractivity contribution in [3.05, 3.63) is 29.6 Å². The number of carbonyl (C=O) groups excluding carboxylic acids is 1. The quantitative estimate of drug-likeness (QED) is 0.456. The van der Waals surface area contributed by atoms with Gasteiger partial charge in [0.1, 0.15) is 13.1 Å². The molecule has 0 saturated carbocycles. The number of aliphatic carboxylic acids is 1. The predicted molar refractivity (Wildman–Crippen MR) is 83.1 cm³/mol. The number of carboxylic acids is 1. The van der Waals surface area contributed by atoms with Gasteiger partial charge in [-0.25, -0.2) is 4.57 Å². The van der Waals surface area contributed by atoms with Crippen LogP contribution in [0.2, 0.25) is 0 Å². The number of nitrogens with one attached hydrogen (secondary N) is 1. The Kier molecular flexibility index (Phi) is 7.52. The first-order chi connectivity index (χ1) is 10.4. The molecule has 1 heterocycles. The fourth-order valence-corrected chi connectivity index (χ4v) is 2.17. The van der Waals surface area contributed by atoms with Crippen molar-refractivity contribution in [3.8, 4) is 0 Å². The maximum Gasteiger partial charge on any atom is 0.320 e. The molecule has 0 aliphatic heterocycles. The van der Waals surface area contributed by atoms with Gasteiger partial charge in [0.25, 0.3) is 0 Å². The number of hydrogen-bond donors (Lipinski definition) is 3. The highest BCUT2D eigenvalue weighted by molar-refractivity contribution is 5.76. The molecular formula is C16H26N3O3+. The van der Waals surface area contributed by atoms with Gasteiger partial charge in [0, 0.05) is 24.6 Å². The smallest absolute Gasteiger partial charge is 0.320 e. The van der Waals surface area contributed by atoms with Crippen molar-refractivity contribution in [3.63, 3.8) is 0 Å². The number of hydrogen-bond acceptors (Lipinski definition) is 3. The minimum Gasteiger partial charge on any atom is -0.480 e. The summed E-state index contributed by atoms with van der Waals surface area (Å²) >= 11 is 0. The molecular weight excluding hydrogens is 282 g/mol. The van der Waals surface area contributed by atoms with E-state index in [1.165, 1.54) is 11.1 Å². The molecule has 0 unspecified atom stereocenters. The summed E-state index contributed by atoms with van der Waals surface area (Å²) in [5, 5.41) is 11.5. The van der Waals surface area contributed by atoms with Gasteiger partial charge >= 0.3 is 5.97 Å². The number of pyridine rings is 1. The summed E-state index contributed by atoms with van der Waals surface area (Å²) in [6.07, 6.45) is 7.07. The molecule has 122 valence electrons. The second-order valence-corrected chi connectivity index (χ2v) is 5.61. The Balaban J connectivity index is 2.19. The van der Waals surface area contributed by atoms with Crippen LogP contribution in [0.5, 0.6) is 0 Å². The Morgan fingerprint density at radius 3 is 2.82 bits per heavy atom. The van der Waals surface area contributed by atoms with Crippen molar-refractivity contribution >= 4 is 11.9 Å². The number of aromatic nitrogens is 1. The van der Waals surface area contributed by atoms with E-state index in [1.54, 1.807) is 0 Å². The Hall–Kier alpha value is -1.95. The van der Waals surface area contributed by atoms with Gasteiger partial charge in [-0.15, -0.1) is 0 Å². The maximum atomic E-state index is 11.8. The number of carbonyl (C=O) groups is 2. The Bertz CT molecular complexity index is 517. The molecule has 4 N–H and O–H groups in total. The van der Waals surface area contributed by atoms with E-state index >= 15 is 0 Å². The first kappa shape index (κ1) is 18.1. The summed E-state index contributed by atoms with van der Waals surface area (Å²) in [6, 6.07) is 1.23. The summed E-state index contributed by atoms with van der Waals surface area (Å²) in [4.78, 5) is 22.3. The van der Waals surface area contributed by atoms with Gasteiger partial charge in [-0.2, -0.15) is 0 Å². The van der Waals surface area contributed by atoms with Crippen LogP contribution in [0.15, 0.2) is 18.5 Å². The van der Waals surface area contributed by atoms with E-state index in [0.29, 0.717) is 25.8 Å². The van der Waals surface area contributed by atoms with Crippen molar-refractivity contribution in [2.75, 3.05) is 6.54 Å². The summed E-state index contributed by atoms with van der Waals surface area (Å²) in [7, 11) is 1.96. The van der Waals surface area contributed by atoms with Gasteiger partial charge in [0.05, 0.1) is 0 Å². The van der Waals surface area contributed by atoms with Crippen LogP contribution in [-0.2, 0) is 23.1 Å². The van der Waals surface area contributed by atoms with Crippen LogP contribution in [0.1, 0.15) is 36.8 Å². The zero-order valence-corrected chi connectivity index (χ0v) is 13.3. The SMILES string of the molecule is Cc1cc[n+](C)cc1CCC(=O)NCCCC[C@H](N)C(=O)O. The van der Waals surface area contributed by atoms with Crippen LogP contribution in [0.4, 0.5) is 0 Å². The Morgan fingerprint density at radius 2 is 2.14 bits per heavy atom. The predicted octanol–water partition coefficient (Wildman–Crippen LogP) is 0.451. The third kappa shape index (κ3) is 6.67. The molecule has 1 amide bonds. The number of nitrogens with two attached hydrogens (primary N) is 1. The van der Waals surface area contributed by atoms with Crippen LogP contribution < -0.4 is 15.6 Å². The van der Waals surface area contributed by atoms with Crippen LogP contribution in [0.3, 0.4) is 0 Å². The molecule has 1 aromatic rings. The van der Waals surface area contributed by atoms with Gasteiger partial charge in [0.15, 0.2) is 12.4 Å². The van der Waals surface area contributed by atoms with E-state index in [-0.39, 0.29) is 5.91 Å². The number of rotatable bonds is 9. The summed E-state index contributed by atoms with van der Waals surface area (Å²) in [5.74, 6) is -0.955. The lowest BCUT2D eigenvalue weighted by atomic mass is 10.1. The van der Waals surface area contributed by atoms with E-state index in [1.807, 2.05) is 37.0 Å². The molecule has 6 nitrogen and oxygen atoms in total. The summed E-state index contributed by atoms with van der Waals surface area (Å²) in [5.41, 5.74) is 7.77. The highest BCUT2D eigenvalue weighted by Gasteiger charge is 2.10. The fourth-order valence-electron chi connectivity index (χ4n) is 2.17. The topological polar surface area (TPSA) is 96.3 Å². The second kappa shape index (κ2) is 9.15. The van der Waals surface area contributed by atoms with Gasteiger partial charge in [-0.1, -0.05) is 0 Å². The molecule has 0 aromatic carbocycles. The number of carboxylic acid groups (broad SMARTS) is 1. The van der Waals surface area contributed by atoms with Crippen LogP contribution in [0, 0.1) is 6.92 Å². The molecule has 0 aliphatic rings. The molecule has 0 spiro atoms. The second-order valence-electron chi connectivity index (χ2n) is 5.61. The molecule has 0 fully saturated rings. The van der Waals surface area contributed by atoms with Crippen LogP contribution in [0.25, 0.3) is 0 Å². The lowest BCUT2D eigenvalue weighted by Crippen LogP contribution is -2.30. The number of nitrogens with zero attached hydrogens (tertiary/aromatic N) is 1. The third-order valence-corrected chi connectivity index (χ3v) is 3.63. The molecule has 6 heteroatoms. The largest absolute Gasteiger partial charge is 0.480 e. The zero-order chi connectivity index (χ0) is 16.5. The number of amides is 1. The molecule has 0 saturated heterocycles. The van der Waals surface area contributed by atoms with Gasteiger partial charge in [-0.3, -0.25) is 9.59 Å². The van der Waals surface area contributed by atoms with Gasteiger partial charge < -0.3 is 16.2 Å². The molecule has 1 atom stereocenters. The zero-order valence-electron chi connectivity index (χ0n) is 13.3. The minimum atomic E-state index is -0.976.